The summed E-state index contributed by atoms with van der Waals surface area (Å²) >= 11 is 97.4. The molecule has 0 radical (unpaired) electrons. The minimum Gasteiger partial charge on any atom is -0.456 e. The second kappa shape index (κ2) is 42.8. The van der Waals surface area contributed by atoms with Gasteiger partial charge in [0.15, 0.2) is 0 Å². The summed E-state index contributed by atoms with van der Waals surface area (Å²) < 4.78 is 9.96. The highest BCUT2D eigenvalue weighted by Gasteiger charge is 2.36. The van der Waals surface area contributed by atoms with Crippen LogP contribution in [0.15, 0.2) is 399 Å². The lowest BCUT2D eigenvalue weighted by molar-refractivity contribution is 0.660. The summed E-state index contributed by atoms with van der Waals surface area (Å²) in [5.41, 5.74) is 22.9. The lowest BCUT2D eigenvalue weighted by Crippen LogP contribution is -2.14. The molecule has 0 N–H and O–H groups in total. The van der Waals surface area contributed by atoms with Crippen molar-refractivity contribution in [2.45, 2.75) is 25.7 Å². The standard InChI is InChI=1S/C22H14Cl2N2.C18H11Cl2N.C16H8Cl2.C15H12Cl2.C14H8Cl2.C13H9Cl2N.C13H8Cl2.C12H6Cl2O/c23-19-9-7-15(13-17(19)21-5-1-3-11-25-21)16-8-10-20(24)18(14-16)22-6-2-4-12-26-22;19-12-6-8-15-16-9-7-13(20)11-18(16)21(17(15)10-12)14-4-2-1-3-5-14;17-13-5-9-1-2-10-6-14(18)8-12-4-3-11(7-13)15(9)16(10)12;1-15(2)13-7-9(16)3-5-11(13)12-6-4-10(17)8-14(12)15;15-11-3-5-13-9(7-11)1-2-10-8-12(16)4-6-14(10)13;1-16-12-6-8(14)2-4-10(12)11-5-3-9(15)7-13(11)16;14-10-1-3-12-8(6-10)5-9-7-11(15)2-4-13(9)12;13-7-1-3-9-10-4-2-8(14)6-12(10)15-11(9)5-7/h1-14H;1-11H;1-8H;3-8H,1-2H3;1-8H;2-7H,1H3;1-4,6-7H,5H2;1-6H. The Morgan fingerprint density at radius 1 is 0.243 bits per heavy atom. The van der Waals surface area contributed by atoms with E-state index in [0.717, 1.165) is 161 Å². The summed E-state index contributed by atoms with van der Waals surface area (Å²) in [5, 5.41) is 30.8. The van der Waals surface area contributed by atoms with Gasteiger partial charge in [-0.3, -0.25) is 9.97 Å². The van der Waals surface area contributed by atoms with Gasteiger partial charge in [-0.25, -0.2) is 0 Å². The highest BCUT2D eigenvalue weighted by molar-refractivity contribution is 6.39. The number of halogens is 16. The molecular formula is C123H76Cl16N4O. The fourth-order valence-electron chi connectivity index (χ4n) is 19.1. The normalized spacial score (nSPS) is 11.9. The van der Waals surface area contributed by atoms with Crippen LogP contribution in [0.4, 0.5) is 0 Å². The molecule has 5 nitrogen and oxygen atoms in total. The molecule has 706 valence electrons. The zero-order chi connectivity index (χ0) is 100. The zero-order valence-corrected chi connectivity index (χ0v) is 88.6. The molecule has 0 fully saturated rings. The summed E-state index contributed by atoms with van der Waals surface area (Å²) in [6.07, 6.45) is 4.46. The molecule has 2 aliphatic carbocycles. The Morgan fingerprint density at radius 2 is 0.549 bits per heavy atom. The highest BCUT2D eigenvalue weighted by Crippen LogP contribution is 2.51. The second-order valence-electron chi connectivity index (χ2n) is 35.2. The van der Waals surface area contributed by atoms with Gasteiger partial charge in [-0.2, -0.15) is 0 Å². The molecule has 0 aliphatic heterocycles. The Kier molecular flexibility index (Phi) is 29.6. The predicted molar refractivity (Wildman–Crippen MR) is 624 cm³/mol. The summed E-state index contributed by atoms with van der Waals surface area (Å²) in [6.45, 7) is 4.43. The van der Waals surface area contributed by atoms with Crippen LogP contribution in [0.1, 0.15) is 36.1 Å². The number of nitrogens with zero attached hydrogens (tertiary/aromatic N) is 4. The number of benzene rings is 20. The number of hydrogen-bond donors (Lipinski definition) is 0. The van der Waals surface area contributed by atoms with Gasteiger partial charge in [-0.05, 0) is 346 Å². The average Bonchev–Trinajstić information content (AvgIpc) is 1.71. The molecule has 2 aliphatic rings. The van der Waals surface area contributed by atoms with Gasteiger partial charge in [0, 0.05) is 166 Å². The lowest BCUT2D eigenvalue weighted by Gasteiger charge is -2.21. The molecule has 0 unspecified atom stereocenters. The molecule has 5 heterocycles. The molecule has 5 aromatic heterocycles. The van der Waals surface area contributed by atoms with Crippen molar-refractivity contribution in [1.29, 1.82) is 0 Å². The number of hydrogen-bond acceptors (Lipinski definition) is 3. The first-order chi connectivity index (χ1) is 69.6. The maximum Gasteiger partial charge on any atom is 0.136 e. The Bertz CT molecular complexity index is 8700. The van der Waals surface area contributed by atoms with E-state index in [0.29, 0.717) is 20.1 Å². The number of fused-ring (bicyclic) bond motifs is 18. The monoisotopic (exact) mass is 2180 g/mol. The van der Waals surface area contributed by atoms with Crippen LogP contribution in [-0.4, -0.2) is 19.1 Å². The maximum absolute atomic E-state index is 6.40. The third-order valence-electron chi connectivity index (χ3n) is 25.8. The van der Waals surface area contributed by atoms with E-state index < -0.39 is 0 Å². The van der Waals surface area contributed by atoms with Crippen molar-refractivity contribution in [2.75, 3.05) is 0 Å². The fourth-order valence-corrected chi connectivity index (χ4v) is 22.1. The lowest BCUT2D eigenvalue weighted by atomic mass is 9.82. The predicted octanol–water partition coefficient (Wildman–Crippen LogP) is 43.5. The van der Waals surface area contributed by atoms with E-state index in [-0.39, 0.29) is 5.41 Å². The number of aryl methyl sites for hydroxylation is 1. The summed E-state index contributed by atoms with van der Waals surface area (Å²) in [7, 11) is 2.03. The van der Waals surface area contributed by atoms with E-state index >= 15 is 0 Å². The Balaban J connectivity index is 0.000000101. The van der Waals surface area contributed by atoms with E-state index in [1.807, 2.05) is 280 Å². The van der Waals surface area contributed by atoms with Crippen LogP contribution < -0.4 is 0 Å². The minimum atomic E-state index is -0.0273. The number of furan rings is 1. The summed E-state index contributed by atoms with van der Waals surface area (Å²) in [5.74, 6) is 0. The van der Waals surface area contributed by atoms with Gasteiger partial charge < -0.3 is 13.6 Å². The van der Waals surface area contributed by atoms with Crippen LogP contribution in [0.5, 0.6) is 0 Å². The first-order valence-corrected chi connectivity index (χ1v) is 51.6. The smallest absolute Gasteiger partial charge is 0.136 e. The fraction of sp³-hybridized carbons (Fsp3) is 0.0407. The van der Waals surface area contributed by atoms with Gasteiger partial charge in [0.1, 0.15) is 11.2 Å². The molecule has 0 saturated heterocycles. The highest BCUT2D eigenvalue weighted by atomic mass is 35.5. The van der Waals surface area contributed by atoms with Crippen molar-refractivity contribution in [3.8, 4) is 61.6 Å². The average molecular weight is 2190 g/mol. The van der Waals surface area contributed by atoms with E-state index in [1.165, 1.54) is 109 Å². The Morgan fingerprint density at radius 3 is 0.931 bits per heavy atom. The third-order valence-corrected chi connectivity index (χ3v) is 29.7. The van der Waals surface area contributed by atoms with E-state index in [1.54, 1.807) is 12.4 Å². The maximum atomic E-state index is 6.40. The molecule has 0 spiro atoms. The van der Waals surface area contributed by atoms with E-state index in [4.69, 9.17) is 190 Å². The van der Waals surface area contributed by atoms with E-state index in [2.05, 4.69) is 142 Å². The van der Waals surface area contributed by atoms with E-state index in [9.17, 15) is 0 Å². The van der Waals surface area contributed by atoms with Crippen molar-refractivity contribution < 1.29 is 4.42 Å². The van der Waals surface area contributed by atoms with Crippen LogP contribution >= 0.6 is 186 Å². The van der Waals surface area contributed by atoms with Crippen molar-refractivity contribution in [1.82, 2.24) is 19.1 Å². The molecule has 0 atom stereocenters. The Hall–Kier alpha value is -11.7. The quantitative estimate of drug-likeness (QED) is 0.165. The molecule has 0 saturated carbocycles. The summed E-state index contributed by atoms with van der Waals surface area (Å²) in [4.78, 5) is 8.82. The van der Waals surface area contributed by atoms with Crippen molar-refractivity contribution >= 4 is 305 Å². The Labute approximate surface area is 910 Å². The number of para-hydroxylation sites is 1. The van der Waals surface area contributed by atoms with Gasteiger partial charge >= 0.3 is 0 Å². The van der Waals surface area contributed by atoms with Gasteiger partial charge in [0.2, 0.25) is 0 Å². The second-order valence-corrected chi connectivity index (χ2v) is 42.2. The zero-order valence-electron chi connectivity index (χ0n) is 76.5. The largest absolute Gasteiger partial charge is 0.456 e. The van der Waals surface area contributed by atoms with Gasteiger partial charge in [-0.15, -0.1) is 0 Å². The molecule has 20 aromatic carbocycles. The van der Waals surface area contributed by atoms with Crippen molar-refractivity contribution in [3.63, 3.8) is 0 Å². The SMILES string of the molecule is CC1(C)c2cc(Cl)ccc2-c2ccc(Cl)cc21.Clc1cc2ccc3cc(Cl)cc4ccc(c1)c2c34.Clc1ccc(-c2ccc(Cl)c(-c3ccccn3)c2)cc1-c1ccccn1.Clc1ccc2c(c1)Cc1cc(Cl)ccc1-2.Clc1ccc2c(c1)oc1cc(Cl)ccc12.Clc1ccc2c(ccc3cc(Cl)ccc32)c1.Clc1ccc2c3ccc(Cl)cc3n(-c3ccccc3)c2c1.Cn1c2cc(Cl)ccc2c2ccc(Cl)cc21. The molecule has 27 rings (SSSR count). The van der Waals surface area contributed by atoms with Crippen molar-refractivity contribution in [2.24, 2.45) is 7.05 Å². The van der Waals surface area contributed by atoms with Crippen LogP contribution in [0.3, 0.4) is 0 Å². The van der Waals surface area contributed by atoms with Crippen LogP contribution in [-0.2, 0) is 18.9 Å². The van der Waals surface area contributed by atoms with Gasteiger partial charge in [0.05, 0.1) is 33.5 Å². The van der Waals surface area contributed by atoms with Crippen LogP contribution in [0.25, 0.3) is 181 Å². The first-order valence-electron chi connectivity index (χ1n) is 45.5. The molecule has 0 amide bonds. The van der Waals surface area contributed by atoms with Gasteiger partial charge in [0.25, 0.3) is 0 Å². The molecule has 0 bridgehead atoms. The van der Waals surface area contributed by atoms with Crippen LogP contribution in [0, 0.1) is 0 Å². The number of pyridine rings is 2. The molecular weight excluding hydrogens is 2120 g/mol. The molecule has 25 aromatic rings. The number of rotatable bonds is 4. The minimum absolute atomic E-state index is 0.0273. The van der Waals surface area contributed by atoms with Crippen molar-refractivity contribution in [3.05, 3.63) is 497 Å². The number of aromatic nitrogens is 4. The van der Waals surface area contributed by atoms with Crippen LogP contribution in [0.2, 0.25) is 80.4 Å². The summed E-state index contributed by atoms with van der Waals surface area (Å²) in [6, 6.07) is 126. The first kappa shape index (κ1) is 99.6. The third kappa shape index (κ3) is 21.1. The molecule has 144 heavy (non-hydrogen) atoms. The van der Waals surface area contributed by atoms with Gasteiger partial charge in [-0.1, -0.05) is 339 Å². The molecule has 21 heteroatoms. The topological polar surface area (TPSA) is 48.8 Å².